The number of carbonyl (C=O) groups is 3. The van der Waals surface area contributed by atoms with E-state index >= 15 is 0 Å². The van der Waals surface area contributed by atoms with Gasteiger partial charge in [0.15, 0.2) is 0 Å². The summed E-state index contributed by atoms with van der Waals surface area (Å²) in [4.78, 5) is 42.6. The van der Waals surface area contributed by atoms with E-state index < -0.39 is 22.6 Å². The quantitative estimate of drug-likeness (QED) is 0.449. The van der Waals surface area contributed by atoms with Crippen molar-refractivity contribution in [2.24, 2.45) is 11.8 Å². The van der Waals surface area contributed by atoms with Gasteiger partial charge in [0.25, 0.3) is 0 Å². The fourth-order valence-corrected chi connectivity index (χ4v) is 9.10. The van der Waals surface area contributed by atoms with E-state index in [-0.39, 0.29) is 29.1 Å². The van der Waals surface area contributed by atoms with Crippen molar-refractivity contribution in [2.75, 3.05) is 25.5 Å². The number of hydrogen-bond donors (Lipinski definition) is 3. The molecule has 3 aliphatic heterocycles. The third kappa shape index (κ3) is 3.98. The predicted molar refractivity (Wildman–Crippen MR) is 143 cm³/mol. The maximum absolute atomic E-state index is 14.0. The molecule has 3 saturated heterocycles. The molecule has 3 fully saturated rings. The maximum Gasteiger partial charge on any atom is 0.248 e. The smallest absolute Gasteiger partial charge is 0.248 e. The molecule has 0 aliphatic carbocycles. The molecule has 0 aromatic heterocycles. The topological polar surface area (TPSA) is 98.7 Å². The maximum atomic E-state index is 14.0. The molecule has 2 aromatic rings. The molecule has 5 rings (SSSR count). The average molecular weight is 510 g/mol. The van der Waals surface area contributed by atoms with Gasteiger partial charge in [0.2, 0.25) is 17.7 Å². The number of thioether (sulfide) groups is 1. The lowest BCUT2D eigenvalue weighted by atomic mass is 9.66. The van der Waals surface area contributed by atoms with E-state index in [1.807, 2.05) is 42.5 Å². The molecule has 7 nitrogen and oxygen atoms in total. The zero-order valence-electron chi connectivity index (χ0n) is 21.0. The van der Waals surface area contributed by atoms with Gasteiger partial charge < -0.3 is 20.6 Å². The van der Waals surface area contributed by atoms with Gasteiger partial charge in [-0.15, -0.1) is 11.8 Å². The van der Waals surface area contributed by atoms with Gasteiger partial charge in [0.05, 0.1) is 16.6 Å². The monoisotopic (exact) mass is 509 g/mol. The van der Waals surface area contributed by atoms with Gasteiger partial charge in [-0.1, -0.05) is 43.2 Å². The Hall–Kier alpha value is -2.58. The summed E-state index contributed by atoms with van der Waals surface area (Å²) in [5.41, 5.74) is 0.709. The molecule has 1 spiro atoms. The van der Waals surface area contributed by atoms with E-state index in [1.165, 1.54) is 0 Å². The molecule has 36 heavy (non-hydrogen) atoms. The predicted octanol–water partition coefficient (Wildman–Crippen LogP) is 3.56. The van der Waals surface area contributed by atoms with E-state index in [4.69, 9.17) is 5.11 Å². The molecule has 0 saturated carbocycles. The minimum Gasteiger partial charge on any atom is -0.396 e. The van der Waals surface area contributed by atoms with Crippen molar-refractivity contribution in [1.82, 2.24) is 10.2 Å². The molecule has 3 aliphatic rings. The molecule has 3 N–H and O–H groups in total. The Morgan fingerprint density at radius 1 is 1.06 bits per heavy atom. The fraction of sp³-hybridized carbons (Fsp3) is 0.536. The molecular formula is C28H35N3O4S. The number of amides is 3. The average Bonchev–Trinajstić information content (AvgIpc) is 3.44. The van der Waals surface area contributed by atoms with Gasteiger partial charge in [-0.2, -0.15) is 0 Å². The molecule has 2 unspecified atom stereocenters. The Morgan fingerprint density at radius 2 is 1.81 bits per heavy atom. The van der Waals surface area contributed by atoms with Crippen LogP contribution in [0.3, 0.4) is 0 Å². The number of nitrogens with zero attached hydrogens (tertiary/aromatic N) is 1. The van der Waals surface area contributed by atoms with E-state index in [0.717, 1.165) is 49.3 Å². The molecular weight excluding hydrogens is 474 g/mol. The Morgan fingerprint density at radius 3 is 2.56 bits per heavy atom. The highest BCUT2D eigenvalue weighted by atomic mass is 32.2. The van der Waals surface area contributed by atoms with Crippen LogP contribution in [0.1, 0.15) is 45.4 Å². The number of aliphatic hydroxyl groups is 1. The second-order valence-corrected chi connectivity index (χ2v) is 12.5. The number of benzene rings is 2. The molecule has 2 bridgehead atoms. The minimum atomic E-state index is -0.624. The van der Waals surface area contributed by atoms with Crippen LogP contribution in [0.2, 0.25) is 0 Å². The number of hydrogen-bond acceptors (Lipinski definition) is 5. The second-order valence-electron chi connectivity index (χ2n) is 10.6. The zero-order valence-corrected chi connectivity index (χ0v) is 21.8. The van der Waals surface area contributed by atoms with Crippen LogP contribution in [0, 0.1) is 11.8 Å². The van der Waals surface area contributed by atoms with Crippen LogP contribution in [0.15, 0.2) is 42.5 Å². The van der Waals surface area contributed by atoms with Crippen LogP contribution in [0.4, 0.5) is 5.69 Å². The lowest BCUT2D eigenvalue weighted by Crippen LogP contribution is -2.52. The molecule has 192 valence electrons. The summed E-state index contributed by atoms with van der Waals surface area (Å²) in [6, 6.07) is 13.2. The Balaban J connectivity index is 1.46. The Kier molecular flexibility index (Phi) is 6.76. The summed E-state index contributed by atoms with van der Waals surface area (Å²) < 4.78 is -0.954. The number of rotatable bonds is 9. The van der Waals surface area contributed by atoms with Crippen LogP contribution in [-0.2, 0) is 14.4 Å². The van der Waals surface area contributed by atoms with Gasteiger partial charge in [-0.25, -0.2) is 0 Å². The summed E-state index contributed by atoms with van der Waals surface area (Å²) in [7, 11) is 1.62. The molecule has 8 heteroatoms. The highest BCUT2D eigenvalue weighted by Crippen LogP contribution is 2.71. The van der Waals surface area contributed by atoms with E-state index in [1.54, 1.807) is 23.7 Å². The number of likely N-dealkylation sites (tertiary alicyclic amines) is 1. The third-order valence-corrected chi connectivity index (χ3v) is 10.4. The van der Waals surface area contributed by atoms with Crippen molar-refractivity contribution in [1.29, 1.82) is 0 Å². The number of anilines is 1. The third-order valence-electron chi connectivity index (χ3n) is 8.38. The highest BCUT2D eigenvalue weighted by Gasteiger charge is 2.76. The van der Waals surface area contributed by atoms with Gasteiger partial charge >= 0.3 is 0 Å². The van der Waals surface area contributed by atoms with Crippen molar-refractivity contribution in [2.45, 2.75) is 61.0 Å². The van der Waals surface area contributed by atoms with Crippen LogP contribution in [-0.4, -0.2) is 63.5 Å². The van der Waals surface area contributed by atoms with E-state index in [0.29, 0.717) is 12.2 Å². The molecule has 2 aromatic carbocycles. The summed E-state index contributed by atoms with van der Waals surface area (Å²) in [5, 5.41) is 17.1. The number of carbonyl (C=O) groups excluding carboxylic acids is 3. The lowest BCUT2D eigenvalue weighted by molar-refractivity contribution is -0.140. The summed E-state index contributed by atoms with van der Waals surface area (Å²) in [6.45, 7) is 2.72. The molecule has 5 atom stereocenters. The van der Waals surface area contributed by atoms with Crippen molar-refractivity contribution in [3.05, 3.63) is 42.5 Å². The van der Waals surface area contributed by atoms with E-state index in [9.17, 15) is 14.4 Å². The standard InChI is InChI=1S/C28H35N3O4S/c1-27-13-14-28(36-27)22(21(27)24(33)29-2)26(35)31(15-7-3-4-8-16-32)23(28)25(34)30-20-12-11-18-9-5-6-10-19(18)17-20/h5-6,9-12,17,21-23,32H,3-4,7-8,13-16H2,1-2H3,(H,29,33)(H,30,34)/t21-,22-,23?,27+,28?/m0/s1. The summed E-state index contributed by atoms with van der Waals surface area (Å²) in [5.74, 6) is -1.29. The molecule has 0 radical (unpaired) electrons. The first kappa shape index (κ1) is 25.1. The Bertz CT molecular complexity index is 1190. The van der Waals surface area contributed by atoms with Crippen molar-refractivity contribution >= 4 is 45.9 Å². The number of nitrogens with one attached hydrogen (secondary N) is 2. The molecule has 3 heterocycles. The normalized spacial score (nSPS) is 30.6. The molecule has 3 amide bonds. The first-order valence-electron chi connectivity index (χ1n) is 13.0. The minimum absolute atomic E-state index is 0.0691. The zero-order chi connectivity index (χ0) is 25.5. The SMILES string of the molecule is CNC(=O)[C@@H]1[C@H]2C(=O)N(CCCCCCO)C(C(=O)Nc3ccc4ccccc4c3)C23CC[C@@]1(C)S3. The van der Waals surface area contributed by atoms with Crippen LogP contribution >= 0.6 is 11.8 Å². The number of fused-ring (bicyclic) bond motifs is 2. The van der Waals surface area contributed by atoms with Crippen LogP contribution in [0.5, 0.6) is 0 Å². The van der Waals surface area contributed by atoms with Gasteiger partial charge in [0, 0.05) is 30.6 Å². The largest absolute Gasteiger partial charge is 0.396 e. The number of aliphatic hydroxyl groups excluding tert-OH is 1. The highest BCUT2D eigenvalue weighted by molar-refractivity contribution is 8.02. The fourth-order valence-electron chi connectivity index (χ4n) is 6.75. The summed E-state index contributed by atoms with van der Waals surface area (Å²) >= 11 is 1.69. The van der Waals surface area contributed by atoms with Crippen molar-refractivity contribution in [3.63, 3.8) is 0 Å². The van der Waals surface area contributed by atoms with Gasteiger partial charge in [-0.05, 0) is 55.5 Å². The number of unbranched alkanes of at least 4 members (excludes halogenated alkanes) is 3. The summed E-state index contributed by atoms with van der Waals surface area (Å²) in [6.07, 6.45) is 4.82. The van der Waals surface area contributed by atoms with Gasteiger partial charge in [0.1, 0.15) is 6.04 Å². The van der Waals surface area contributed by atoms with E-state index in [2.05, 4.69) is 17.6 Å². The Labute approximate surface area is 216 Å². The first-order chi connectivity index (χ1) is 17.3. The lowest BCUT2D eigenvalue weighted by Gasteiger charge is -2.34. The van der Waals surface area contributed by atoms with Gasteiger partial charge in [-0.3, -0.25) is 14.4 Å². The van der Waals surface area contributed by atoms with Crippen LogP contribution < -0.4 is 10.6 Å². The second kappa shape index (κ2) is 9.71. The van der Waals surface area contributed by atoms with Crippen molar-refractivity contribution in [3.8, 4) is 0 Å². The first-order valence-corrected chi connectivity index (χ1v) is 13.8. The van der Waals surface area contributed by atoms with Crippen LogP contribution in [0.25, 0.3) is 10.8 Å². The van der Waals surface area contributed by atoms with Crippen molar-refractivity contribution < 1.29 is 19.5 Å².